The second kappa shape index (κ2) is 5.99. The Labute approximate surface area is 125 Å². The number of thioether (sulfide) groups is 1. The van der Waals surface area contributed by atoms with E-state index < -0.39 is 0 Å². The van der Waals surface area contributed by atoms with Crippen molar-refractivity contribution < 1.29 is 9.59 Å². The van der Waals surface area contributed by atoms with E-state index in [1.165, 1.54) is 4.90 Å². The van der Waals surface area contributed by atoms with Gasteiger partial charge in [-0.05, 0) is 35.9 Å². The summed E-state index contributed by atoms with van der Waals surface area (Å²) in [5, 5.41) is 0.561. The van der Waals surface area contributed by atoms with Gasteiger partial charge in [-0.15, -0.1) is 0 Å². The van der Waals surface area contributed by atoms with Gasteiger partial charge in [-0.25, -0.2) is 0 Å². The predicted octanol–water partition coefficient (Wildman–Crippen LogP) is 4.44. The average molecular weight is 316 g/mol. The van der Waals surface area contributed by atoms with Crippen LogP contribution in [0.2, 0.25) is 10.0 Å². The third-order valence-corrected chi connectivity index (χ3v) is 4.33. The van der Waals surface area contributed by atoms with Crippen LogP contribution in [0.1, 0.15) is 18.9 Å². The molecule has 0 saturated carbocycles. The number of imide groups is 1. The maximum atomic E-state index is 12.0. The van der Waals surface area contributed by atoms with E-state index in [2.05, 4.69) is 0 Å². The molecule has 0 bridgehead atoms. The Morgan fingerprint density at radius 1 is 1.32 bits per heavy atom. The minimum Gasteiger partial charge on any atom is -0.268 e. The molecule has 1 fully saturated rings. The lowest BCUT2D eigenvalue weighted by Gasteiger charge is -2.09. The Bertz CT molecular complexity index is 572. The van der Waals surface area contributed by atoms with Crippen molar-refractivity contribution >= 4 is 52.2 Å². The summed E-state index contributed by atoms with van der Waals surface area (Å²) in [7, 11) is 0. The highest BCUT2D eigenvalue weighted by atomic mass is 35.5. The molecule has 6 heteroatoms. The van der Waals surface area contributed by atoms with E-state index in [0.29, 0.717) is 27.1 Å². The topological polar surface area (TPSA) is 37.4 Å². The van der Waals surface area contributed by atoms with Gasteiger partial charge < -0.3 is 0 Å². The normalized spacial score (nSPS) is 17.6. The summed E-state index contributed by atoms with van der Waals surface area (Å²) in [6.45, 7) is 2.35. The molecule has 0 aromatic heterocycles. The summed E-state index contributed by atoms with van der Waals surface area (Å²) in [4.78, 5) is 25.4. The minimum atomic E-state index is -0.270. The second-order valence-electron chi connectivity index (χ2n) is 3.98. The first-order valence-corrected chi connectivity index (χ1v) is 7.31. The van der Waals surface area contributed by atoms with Crippen LogP contribution in [0.25, 0.3) is 6.08 Å². The van der Waals surface area contributed by atoms with Crippen LogP contribution in [0.4, 0.5) is 4.79 Å². The summed E-state index contributed by atoms with van der Waals surface area (Å²) in [6, 6.07) is 5.17. The van der Waals surface area contributed by atoms with Crippen LogP contribution < -0.4 is 0 Å². The van der Waals surface area contributed by atoms with Crippen LogP contribution in [0.15, 0.2) is 23.1 Å². The van der Waals surface area contributed by atoms with Crippen molar-refractivity contribution in [2.75, 3.05) is 6.54 Å². The summed E-state index contributed by atoms with van der Waals surface area (Å²) in [6.07, 6.45) is 2.35. The monoisotopic (exact) mass is 315 g/mol. The quantitative estimate of drug-likeness (QED) is 0.774. The molecule has 0 N–H and O–H groups in total. The van der Waals surface area contributed by atoms with Crippen LogP contribution in [0.3, 0.4) is 0 Å². The van der Waals surface area contributed by atoms with Crippen molar-refractivity contribution in [1.82, 2.24) is 4.90 Å². The smallest absolute Gasteiger partial charge is 0.268 e. The lowest BCUT2D eigenvalue weighted by Crippen LogP contribution is -2.28. The summed E-state index contributed by atoms with van der Waals surface area (Å²) in [5.74, 6) is -0.270. The number of amides is 2. The molecule has 1 aliphatic heterocycles. The first-order valence-electron chi connectivity index (χ1n) is 5.74. The predicted molar refractivity (Wildman–Crippen MR) is 79.4 cm³/mol. The molecule has 1 heterocycles. The van der Waals surface area contributed by atoms with Gasteiger partial charge in [0.25, 0.3) is 11.1 Å². The van der Waals surface area contributed by atoms with Gasteiger partial charge >= 0.3 is 0 Å². The van der Waals surface area contributed by atoms with Gasteiger partial charge in [0.2, 0.25) is 0 Å². The average Bonchev–Trinajstić information content (AvgIpc) is 2.63. The highest BCUT2D eigenvalue weighted by Crippen LogP contribution is 2.34. The largest absolute Gasteiger partial charge is 0.293 e. The minimum absolute atomic E-state index is 0.240. The van der Waals surface area contributed by atoms with Crippen LogP contribution in [0.5, 0.6) is 0 Å². The number of hydrogen-bond donors (Lipinski definition) is 0. The van der Waals surface area contributed by atoms with Gasteiger partial charge in [-0.1, -0.05) is 42.3 Å². The molecule has 1 aromatic carbocycles. The third kappa shape index (κ3) is 2.96. The number of carbonyl (C=O) groups is 2. The Morgan fingerprint density at radius 3 is 2.74 bits per heavy atom. The van der Waals surface area contributed by atoms with E-state index in [9.17, 15) is 9.59 Å². The molecule has 100 valence electrons. The van der Waals surface area contributed by atoms with Crippen LogP contribution in [0, 0.1) is 0 Å². The molecular formula is C13H11Cl2NO2S. The molecule has 1 saturated heterocycles. The molecule has 2 amide bonds. The molecule has 0 radical (unpaired) electrons. The number of rotatable bonds is 3. The van der Waals surface area contributed by atoms with Gasteiger partial charge in [0, 0.05) is 6.54 Å². The maximum absolute atomic E-state index is 12.0. The molecule has 19 heavy (non-hydrogen) atoms. The lowest BCUT2D eigenvalue weighted by atomic mass is 10.2. The zero-order valence-electron chi connectivity index (χ0n) is 10.2. The molecule has 1 aromatic rings. The Hall–Kier alpha value is -0.970. The van der Waals surface area contributed by atoms with Crippen molar-refractivity contribution in [2.45, 2.75) is 13.3 Å². The van der Waals surface area contributed by atoms with Crippen LogP contribution >= 0.6 is 35.0 Å². The first-order chi connectivity index (χ1) is 9.04. The zero-order chi connectivity index (χ0) is 14.0. The second-order valence-corrected chi connectivity index (χ2v) is 5.75. The fourth-order valence-electron chi connectivity index (χ4n) is 1.69. The van der Waals surface area contributed by atoms with E-state index in [4.69, 9.17) is 23.2 Å². The van der Waals surface area contributed by atoms with Crippen molar-refractivity contribution in [1.29, 1.82) is 0 Å². The third-order valence-electron chi connectivity index (χ3n) is 2.59. The zero-order valence-corrected chi connectivity index (χ0v) is 12.5. The molecule has 3 nitrogen and oxygen atoms in total. The van der Waals surface area contributed by atoms with Crippen molar-refractivity contribution in [3.05, 3.63) is 38.7 Å². The molecular weight excluding hydrogens is 305 g/mol. The van der Waals surface area contributed by atoms with E-state index >= 15 is 0 Å². The number of halogens is 2. The molecule has 1 aliphatic rings. The summed E-state index contributed by atoms with van der Waals surface area (Å²) >= 11 is 12.9. The van der Waals surface area contributed by atoms with Crippen molar-refractivity contribution in [2.24, 2.45) is 0 Å². The van der Waals surface area contributed by atoms with Crippen LogP contribution in [-0.4, -0.2) is 22.6 Å². The molecule has 0 atom stereocenters. The van der Waals surface area contributed by atoms with Gasteiger partial charge in [-0.3, -0.25) is 14.5 Å². The fraction of sp³-hybridized carbons (Fsp3) is 0.231. The van der Waals surface area contributed by atoms with E-state index in [0.717, 1.165) is 18.2 Å². The summed E-state index contributed by atoms with van der Waals surface area (Å²) in [5.41, 5.74) is 0.635. The lowest BCUT2D eigenvalue weighted by molar-refractivity contribution is -0.122. The fourth-order valence-corrected chi connectivity index (χ4v) is 2.91. The van der Waals surface area contributed by atoms with E-state index in [1.54, 1.807) is 24.3 Å². The van der Waals surface area contributed by atoms with E-state index in [-0.39, 0.29) is 11.1 Å². The molecule has 0 unspecified atom stereocenters. The highest BCUT2D eigenvalue weighted by Gasteiger charge is 2.34. The van der Waals surface area contributed by atoms with Crippen LogP contribution in [-0.2, 0) is 4.79 Å². The Kier molecular flexibility index (Phi) is 4.55. The molecule has 2 rings (SSSR count). The Morgan fingerprint density at radius 2 is 2.05 bits per heavy atom. The number of benzene rings is 1. The van der Waals surface area contributed by atoms with Gasteiger partial charge in [0.15, 0.2) is 0 Å². The molecule has 0 aliphatic carbocycles. The van der Waals surface area contributed by atoms with Crippen molar-refractivity contribution in [3.8, 4) is 0 Å². The van der Waals surface area contributed by atoms with E-state index in [1.807, 2.05) is 6.92 Å². The molecule has 0 spiro atoms. The first kappa shape index (κ1) is 14.4. The van der Waals surface area contributed by atoms with Gasteiger partial charge in [0.1, 0.15) is 0 Å². The van der Waals surface area contributed by atoms with Gasteiger partial charge in [0.05, 0.1) is 15.0 Å². The number of nitrogens with zero attached hydrogens (tertiary/aromatic N) is 1. The Balaban J connectivity index is 2.32. The van der Waals surface area contributed by atoms with Gasteiger partial charge in [-0.2, -0.15) is 0 Å². The summed E-state index contributed by atoms with van der Waals surface area (Å²) < 4.78 is 0. The highest BCUT2D eigenvalue weighted by molar-refractivity contribution is 8.18. The maximum Gasteiger partial charge on any atom is 0.293 e. The SMILES string of the molecule is CCCN1C(=O)S/C(=C/c2cccc(Cl)c2Cl)C1=O. The number of carbonyl (C=O) groups excluding carboxylic acids is 2. The van der Waals surface area contributed by atoms with Crippen molar-refractivity contribution in [3.63, 3.8) is 0 Å². The standard InChI is InChI=1S/C13H11Cl2NO2S/c1-2-6-16-12(17)10(19-13(16)18)7-8-4-3-5-9(14)11(8)15/h3-5,7H,2,6H2,1H3/b10-7+. The number of hydrogen-bond acceptors (Lipinski definition) is 3.